The molecule has 132 valence electrons. The first-order valence-corrected chi connectivity index (χ1v) is 9.70. The molecule has 0 saturated carbocycles. The van der Waals surface area contributed by atoms with Crippen molar-refractivity contribution in [2.45, 2.75) is 32.4 Å². The van der Waals surface area contributed by atoms with Crippen LogP contribution in [0.25, 0.3) is 21.3 Å². The number of aryl methyl sites for hydroxylation is 2. The molecule has 0 radical (unpaired) electrons. The van der Waals surface area contributed by atoms with Crippen LogP contribution in [0.4, 0.5) is 0 Å². The zero-order valence-corrected chi connectivity index (χ0v) is 15.2. The minimum atomic E-state index is -0.00415. The van der Waals surface area contributed by atoms with E-state index in [4.69, 9.17) is 0 Å². The summed E-state index contributed by atoms with van der Waals surface area (Å²) < 4.78 is 3.71. The van der Waals surface area contributed by atoms with E-state index in [1.54, 1.807) is 22.2 Å². The summed E-state index contributed by atoms with van der Waals surface area (Å²) in [5.74, 6) is 0. The maximum absolute atomic E-state index is 12.8. The summed E-state index contributed by atoms with van der Waals surface area (Å²) in [4.78, 5) is 17.9. The molecule has 0 aliphatic rings. The van der Waals surface area contributed by atoms with E-state index >= 15 is 0 Å². The highest BCUT2D eigenvalue weighted by molar-refractivity contribution is 7.13. The smallest absolute Gasteiger partial charge is 0.274 e. The van der Waals surface area contributed by atoms with Crippen LogP contribution in [0.2, 0.25) is 0 Å². The molecule has 6 heteroatoms. The molecule has 0 atom stereocenters. The molecule has 0 unspecified atom stereocenters. The van der Waals surface area contributed by atoms with Gasteiger partial charge in [0, 0.05) is 30.9 Å². The summed E-state index contributed by atoms with van der Waals surface area (Å²) >= 11 is 1.65. The van der Waals surface area contributed by atoms with E-state index in [9.17, 15) is 4.79 Å². The van der Waals surface area contributed by atoms with Crippen molar-refractivity contribution in [3.63, 3.8) is 0 Å². The molecule has 26 heavy (non-hydrogen) atoms. The van der Waals surface area contributed by atoms with Gasteiger partial charge in [-0.25, -0.2) is 9.67 Å². The van der Waals surface area contributed by atoms with Crippen molar-refractivity contribution in [2.75, 3.05) is 0 Å². The first kappa shape index (κ1) is 16.7. The van der Waals surface area contributed by atoms with Gasteiger partial charge in [-0.15, -0.1) is 11.3 Å². The fourth-order valence-corrected chi connectivity index (χ4v) is 3.86. The summed E-state index contributed by atoms with van der Waals surface area (Å²) in [6, 6.07) is 11.8. The predicted octanol–water partition coefficient (Wildman–Crippen LogP) is 4.19. The summed E-state index contributed by atoms with van der Waals surface area (Å²) in [7, 11) is 0. The van der Waals surface area contributed by atoms with E-state index in [0.717, 1.165) is 47.2 Å². The maximum Gasteiger partial charge on any atom is 0.274 e. The van der Waals surface area contributed by atoms with E-state index in [0.29, 0.717) is 6.54 Å². The molecule has 3 heterocycles. The fourth-order valence-electron chi connectivity index (χ4n) is 3.13. The SMILES string of the molecule is O=c1c2ccccc2c(-c2cccs2)nn1CCCCCn1ccnc1. The van der Waals surface area contributed by atoms with Gasteiger partial charge in [-0.3, -0.25) is 4.79 Å². The lowest BCUT2D eigenvalue weighted by Crippen LogP contribution is -2.24. The van der Waals surface area contributed by atoms with Gasteiger partial charge in [0.25, 0.3) is 5.56 Å². The minimum absolute atomic E-state index is 0.00415. The number of nitrogens with zero attached hydrogens (tertiary/aromatic N) is 4. The summed E-state index contributed by atoms with van der Waals surface area (Å²) in [6.07, 6.45) is 8.66. The number of hydrogen-bond acceptors (Lipinski definition) is 4. The Bertz CT molecular complexity index is 1040. The quantitative estimate of drug-likeness (QED) is 0.462. The number of imidazole rings is 1. The third-order valence-corrected chi connectivity index (χ3v) is 5.34. The standard InChI is InChI=1S/C20H20N4OS/c25-20-17-8-3-2-7-16(17)19(18-9-6-14-26-18)22-24(20)12-5-1-4-11-23-13-10-21-15-23/h2-3,6-10,13-15H,1,4-5,11-12H2. The van der Waals surface area contributed by atoms with Crippen LogP contribution in [0.1, 0.15) is 19.3 Å². The molecule has 0 saturated heterocycles. The van der Waals surface area contributed by atoms with Crippen LogP contribution in [0.3, 0.4) is 0 Å². The average molecular weight is 364 g/mol. The third-order valence-electron chi connectivity index (χ3n) is 4.47. The van der Waals surface area contributed by atoms with Crippen LogP contribution in [0.15, 0.2) is 65.3 Å². The molecule has 1 aromatic carbocycles. The van der Waals surface area contributed by atoms with E-state index in [2.05, 4.69) is 20.7 Å². The van der Waals surface area contributed by atoms with Crippen molar-refractivity contribution < 1.29 is 0 Å². The Hall–Kier alpha value is -2.73. The van der Waals surface area contributed by atoms with E-state index in [1.165, 1.54) is 0 Å². The Labute approximate surface area is 155 Å². The van der Waals surface area contributed by atoms with E-state index in [-0.39, 0.29) is 5.56 Å². The first-order valence-electron chi connectivity index (χ1n) is 8.82. The average Bonchev–Trinajstić information content (AvgIpc) is 3.37. The van der Waals surface area contributed by atoms with Crippen molar-refractivity contribution in [1.29, 1.82) is 0 Å². The molecule has 5 nitrogen and oxygen atoms in total. The largest absolute Gasteiger partial charge is 0.337 e. The summed E-state index contributed by atoms with van der Waals surface area (Å²) in [5.41, 5.74) is 0.893. The maximum atomic E-state index is 12.8. The van der Waals surface area contributed by atoms with Gasteiger partial charge in [-0.2, -0.15) is 5.10 Å². The zero-order chi connectivity index (χ0) is 17.8. The molecular formula is C20H20N4OS. The summed E-state index contributed by atoms with van der Waals surface area (Å²) in [6.45, 7) is 1.60. The van der Waals surface area contributed by atoms with Gasteiger partial charge < -0.3 is 4.57 Å². The van der Waals surface area contributed by atoms with Crippen LogP contribution >= 0.6 is 11.3 Å². The van der Waals surface area contributed by atoms with Crippen LogP contribution < -0.4 is 5.56 Å². The molecule has 0 bridgehead atoms. The molecule has 4 rings (SSSR count). The normalized spacial score (nSPS) is 11.2. The van der Waals surface area contributed by atoms with Crippen LogP contribution in [-0.4, -0.2) is 19.3 Å². The van der Waals surface area contributed by atoms with Gasteiger partial charge in [0.2, 0.25) is 0 Å². The highest BCUT2D eigenvalue weighted by atomic mass is 32.1. The lowest BCUT2D eigenvalue weighted by molar-refractivity contribution is 0.507. The first-order chi connectivity index (χ1) is 12.8. The van der Waals surface area contributed by atoms with Crippen molar-refractivity contribution in [3.05, 3.63) is 70.9 Å². The number of fused-ring (bicyclic) bond motifs is 1. The van der Waals surface area contributed by atoms with Gasteiger partial charge >= 0.3 is 0 Å². The predicted molar refractivity (Wildman–Crippen MR) is 105 cm³/mol. The molecular weight excluding hydrogens is 344 g/mol. The van der Waals surface area contributed by atoms with Gasteiger partial charge in [-0.1, -0.05) is 24.3 Å². The lowest BCUT2D eigenvalue weighted by Gasteiger charge is -2.10. The molecule has 0 amide bonds. The summed E-state index contributed by atoms with van der Waals surface area (Å²) in [5, 5.41) is 8.40. The Balaban J connectivity index is 1.53. The highest BCUT2D eigenvalue weighted by Gasteiger charge is 2.12. The van der Waals surface area contributed by atoms with E-state index < -0.39 is 0 Å². The number of unbranched alkanes of at least 4 members (excludes halogenated alkanes) is 2. The molecule has 0 aliphatic heterocycles. The van der Waals surface area contributed by atoms with Crippen molar-refractivity contribution in [3.8, 4) is 10.6 Å². The Kier molecular flexibility index (Phi) is 4.93. The van der Waals surface area contributed by atoms with Crippen molar-refractivity contribution in [1.82, 2.24) is 19.3 Å². The van der Waals surface area contributed by atoms with E-state index in [1.807, 2.05) is 48.2 Å². The van der Waals surface area contributed by atoms with Crippen molar-refractivity contribution in [2.24, 2.45) is 0 Å². The van der Waals surface area contributed by atoms with Crippen LogP contribution in [-0.2, 0) is 13.1 Å². The Morgan fingerprint density at radius 2 is 1.81 bits per heavy atom. The monoisotopic (exact) mass is 364 g/mol. The zero-order valence-electron chi connectivity index (χ0n) is 14.4. The second kappa shape index (κ2) is 7.66. The molecule has 3 aromatic heterocycles. The second-order valence-electron chi connectivity index (χ2n) is 6.26. The number of rotatable bonds is 7. The van der Waals surface area contributed by atoms with Gasteiger partial charge in [0.1, 0.15) is 5.69 Å². The number of thiophene rings is 1. The molecule has 0 spiro atoms. The Morgan fingerprint density at radius 1 is 0.962 bits per heavy atom. The third kappa shape index (κ3) is 3.46. The van der Waals surface area contributed by atoms with Crippen molar-refractivity contribution >= 4 is 22.1 Å². The molecule has 0 aliphatic carbocycles. The topological polar surface area (TPSA) is 52.7 Å². The number of aromatic nitrogens is 4. The molecule has 4 aromatic rings. The number of hydrogen-bond donors (Lipinski definition) is 0. The fraction of sp³-hybridized carbons (Fsp3) is 0.250. The van der Waals surface area contributed by atoms with Gasteiger partial charge in [0.15, 0.2) is 0 Å². The van der Waals surface area contributed by atoms with Crippen LogP contribution in [0, 0.1) is 0 Å². The van der Waals surface area contributed by atoms with Gasteiger partial charge in [-0.05, 0) is 36.8 Å². The van der Waals surface area contributed by atoms with Crippen LogP contribution in [0.5, 0.6) is 0 Å². The molecule has 0 fully saturated rings. The second-order valence-corrected chi connectivity index (χ2v) is 7.21. The number of benzene rings is 1. The highest BCUT2D eigenvalue weighted by Crippen LogP contribution is 2.28. The Morgan fingerprint density at radius 3 is 2.58 bits per heavy atom. The minimum Gasteiger partial charge on any atom is -0.337 e. The lowest BCUT2D eigenvalue weighted by atomic mass is 10.1. The van der Waals surface area contributed by atoms with Gasteiger partial charge in [0.05, 0.1) is 16.6 Å². The molecule has 0 N–H and O–H groups in total.